The lowest BCUT2D eigenvalue weighted by atomic mass is 10.2. The van der Waals surface area contributed by atoms with Crippen molar-refractivity contribution in [3.8, 4) is 5.75 Å². The number of pyridine rings is 1. The van der Waals surface area contributed by atoms with E-state index in [2.05, 4.69) is 19.7 Å². The Hall–Kier alpha value is -2.88. The van der Waals surface area contributed by atoms with Crippen molar-refractivity contribution in [1.29, 1.82) is 0 Å². The molecule has 2 aromatic rings. The Balaban J connectivity index is 0.000000394. The summed E-state index contributed by atoms with van der Waals surface area (Å²) in [6.45, 7) is 0. The molecule has 0 aliphatic carbocycles. The Morgan fingerprint density at radius 1 is 1.36 bits per heavy atom. The molecule has 28 heavy (non-hydrogen) atoms. The second-order valence-corrected chi connectivity index (χ2v) is 6.27. The number of ether oxygens (including phenoxy) is 1. The standard InChI is InChI=1S/C12H14N4O3S.C7H8O.H2/c17-10-3-1-2-5-14-12(10)15-8-9-4-6-13-11(7-9)16-20(18)19;1-8-7-5-3-2-4-6-7;/h2,4-8,10,17H,1,3H2,(H,13,16)(H,18,19);2-6H,1H3;1H. The summed E-state index contributed by atoms with van der Waals surface area (Å²) in [4.78, 5) is 12.1. The normalized spacial score (nSPS) is 17.1. The van der Waals surface area contributed by atoms with Gasteiger partial charge in [0.1, 0.15) is 17.7 Å². The van der Waals surface area contributed by atoms with Crippen molar-refractivity contribution >= 4 is 29.1 Å². The van der Waals surface area contributed by atoms with E-state index in [1.807, 2.05) is 36.4 Å². The molecule has 0 fully saturated rings. The molecule has 2 unspecified atom stereocenters. The average molecular weight is 404 g/mol. The molecule has 0 radical (unpaired) electrons. The van der Waals surface area contributed by atoms with Gasteiger partial charge in [-0.3, -0.25) is 9.27 Å². The number of aliphatic imine (C=N–C) groups is 2. The number of allylic oxidation sites excluding steroid dienone is 1. The van der Waals surface area contributed by atoms with E-state index in [0.29, 0.717) is 17.8 Å². The molecule has 0 spiro atoms. The first kappa shape index (κ1) is 21.4. The van der Waals surface area contributed by atoms with Gasteiger partial charge in [-0.25, -0.2) is 19.2 Å². The lowest BCUT2D eigenvalue weighted by Crippen LogP contribution is -2.17. The number of hydrogen-bond acceptors (Lipinski definition) is 6. The zero-order valence-corrected chi connectivity index (χ0v) is 16.1. The summed E-state index contributed by atoms with van der Waals surface area (Å²) >= 11 is -2.17. The van der Waals surface area contributed by atoms with Gasteiger partial charge in [-0.15, -0.1) is 0 Å². The van der Waals surface area contributed by atoms with E-state index in [0.717, 1.165) is 12.2 Å². The molecule has 150 valence electrons. The number of rotatable bonds is 4. The van der Waals surface area contributed by atoms with Crippen LogP contribution in [0.3, 0.4) is 0 Å². The fourth-order valence-electron chi connectivity index (χ4n) is 2.16. The molecule has 2 heterocycles. The van der Waals surface area contributed by atoms with Gasteiger partial charge in [0.2, 0.25) is 0 Å². The van der Waals surface area contributed by atoms with Crippen LogP contribution in [0.4, 0.5) is 5.82 Å². The first-order valence-electron chi connectivity index (χ1n) is 8.46. The molecule has 1 aliphatic rings. The number of aliphatic hydroxyl groups excluding tert-OH is 1. The first-order valence-corrected chi connectivity index (χ1v) is 9.56. The second-order valence-electron chi connectivity index (χ2n) is 5.57. The van der Waals surface area contributed by atoms with E-state index in [1.165, 1.54) is 12.4 Å². The second kappa shape index (κ2) is 11.8. The molecule has 1 aromatic carbocycles. The van der Waals surface area contributed by atoms with Gasteiger partial charge in [0.25, 0.3) is 11.3 Å². The molecule has 3 rings (SSSR count). The number of hydrogen-bond donors (Lipinski definition) is 3. The molecular formula is C19H24N4O4S. The summed E-state index contributed by atoms with van der Waals surface area (Å²) < 4.78 is 26.5. The number of anilines is 1. The zero-order valence-electron chi connectivity index (χ0n) is 15.3. The van der Waals surface area contributed by atoms with Crippen LogP contribution < -0.4 is 9.46 Å². The first-order chi connectivity index (χ1) is 13.6. The van der Waals surface area contributed by atoms with Crippen LogP contribution in [0.2, 0.25) is 0 Å². The van der Waals surface area contributed by atoms with Crippen LogP contribution in [0, 0.1) is 0 Å². The lowest BCUT2D eigenvalue weighted by Gasteiger charge is -2.06. The number of methoxy groups -OCH3 is 1. The van der Waals surface area contributed by atoms with E-state index in [9.17, 15) is 9.32 Å². The van der Waals surface area contributed by atoms with Crippen molar-refractivity contribution in [2.75, 3.05) is 11.8 Å². The molecular weight excluding hydrogens is 380 g/mol. The van der Waals surface area contributed by atoms with Crippen LogP contribution in [0.15, 0.2) is 70.9 Å². The predicted molar refractivity (Wildman–Crippen MR) is 113 cm³/mol. The lowest BCUT2D eigenvalue weighted by molar-refractivity contribution is 0.232. The molecule has 8 nitrogen and oxygen atoms in total. The Labute approximate surface area is 167 Å². The van der Waals surface area contributed by atoms with Crippen molar-refractivity contribution in [1.82, 2.24) is 4.98 Å². The summed E-state index contributed by atoms with van der Waals surface area (Å²) in [5.74, 6) is 1.52. The Morgan fingerprint density at radius 3 is 2.82 bits per heavy atom. The number of amidine groups is 1. The number of nitrogens with one attached hydrogen (secondary N) is 1. The van der Waals surface area contributed by atoms with Crippen molar-refractivity contribution in [2.24, 2.45) is 9.98 Å². The molecule has 3 N–H and O–H groups in total. The van der Waals surface area contributed by atoms with Gasteiger partial charge in [-0.1, -0.05) is 24.3 Å². The van der Waals surface area contributed by atoms with Gasteiger partial charge < -0.3 is 9.84 Å². The van der Waals surface area contributed by atoms with Gasteiger partial charge in [0.05, 0.1) is 7.11 Å². The van der Waals surface area contributed by atoms with Gasteiger partial charge in [-0.05, 0) is 42.7 Å². The number of para-hydroxylation sites is 1. The quantitative estimate of drug-likeness (QED) is 0.535. The Morgan fingerprint density at radius 2 is 2.14 bits per heavy atom. The highest BCUT2D eigenvalue weighted by molar-refractivity contribution is 7.80. The van der Waals surface area contributed by atoms with Crippen LogP contribution in [0.25, 0.3) is 0 Å². The zero-order chi connectivity index (χ0) is 20.2. The Bertz CT molecular complexity index is 862. The van der Waals surface area contributed by atoms with Gasteiger partial charge in [0, 0.05) is 20.0 Å². The van der Waals surface area contributed by atoms with Crippen molar-refractivity contribution in [3.63, 3.8) is 0 Å². The van der Waals surface area contributed by atoms with E-state index in [1.54, 1.807) is 25.4 Å². The molecule has 1 aliphatic heterocycles. The van der Waals surface area contributed by atoms with Crippen LogP contribution >= 0.6 is 0 Å². The highest BCUT2D eigenvalue weighted by Crippen LogP contribution is 2.09. The van der Waals surface area contributed by atoms with Crippen LogP contribution in [-0.4, -0.2) is 44.1 Å². The Kier molecular flexibility index (Phi) is 8.99. The van der Waals surface area contributed by atoms with Crippen LogP contribution in [0.1, 0.15) is 19.8 Å². The third-order valence-electron chi connectivity index (χ3n) is 3.52. The predicted octanol–water partition coefficient (Wildman–Crippen LogP) is 3.06. The third kappa shape index (κ3) is 7.78. The van der Waals surface area contributed by atoms with Crippen LogP contribution in [0.5, 0.6) is 5.75 Å². The minimum atomic E-state index is -2.17. The largest absolute Gasteiger partial charge is 0.497 e. The number of aliphatic hydroxyl groups is 1. The van der Waals surface area contributed by atoms with E-state index >= 15 is 0 Å². The van der Waals surface area contributed by atoms with Crippen molar-refractivity contribution < 1.29 is 20.0 Å². The molecule has 2 atom stereocenters. The summed E-state index contributed by atoms with van der Waals surface area (Å²) in [5.41, 5.74) is 0.677. The number of nitrogens with zero attached hydrogens (tertiary/aromatic N) is 3. The SMILES string of the molecule is COc1ccccc1.O=S(O)Nc1cc(C=NC2=NC=CCCC2O)ccn1.[HH]. The summed E-state index contributed by atoms with van der Waals surface area (Å²) in [6.07, 6.45) is 7.16. The van der Waals surface area contributed by atoms with Gasteiger partial charge >= 0.3 is 0 Å². The van der Waals surface area contributed by atoms with Crippen molar-refractivity contribution in [2.45, 2.75) is 18.9 Å². The summed E-state index contributed by atoms with van der Waals surface area (Å²) in [7, 11) is 1.66. The molecule has 0 saturated carbocycles. The fraction of sp³-hybridized carbons (Fsp3) is 0.211. The molecule has 1 aromatic heterocycles. The van der Waals surface area contributed by atoms with Crippen molar-refractivity contribution in [3.05, 3.63) is 66.5 Å². The highest BCUT2D eigenvalue weighted by atomic mass is 32.2. The van der Waals surface area contributed by atoms with E-state index in [-0.39, 0.29) is 7.24 Å². The van der Waals surface area contributed by atoms with Gasteiger partial charge in [0.15, 0.2) is 5.84 Å². The molecule has 9 heteroatoms. The average Bonchev–Trinajstić information content (AvgIpc) is 2.91. The summed E-state index contributed by atoms with van der Waals surface area (Å²) in [6, 6.07) is 12.9. The monoisotopic (exact) mass is 404 g/mol. The van der Waals surface area contributed by atoms with E-state index < -0.39 is 17.4 Å². The van der Waals surface area contributed by atoms with Crippen LogP contribution in [-0.2, 0) is 11.3 Å². The van der Waals surface area contributed by atoms with E-state index in [4.69, 9.17) is 9.29 Å². The third-order valence-corrected chi connectivity index (χ3v) is 3.90. The maximum absolute atomic E-state index is 10.6. The minimum Gasteiger partial charge on any atom is -0.497 e. The summed E-state index contributed by atoms with van der Waals surface area (Å²) in [5, 5.41) is 9.82. The number of aromatic nitrogens is 1. The maximum atomic E-state index is 10.6. The number of benzene rings is 1. The minimum absolute atomic E-state index is 0. The highest BCUT2D eigenvalue weighted by Gasteiger charge is 2.11. The maximum Gasteiger partial charge on any atom is 0.260 e. The smallest absolute Gasteiger partial charge is 0.260 e. The fourth-order valence-corrected chi connectivity index (χ4v) is 2.45. The van der Waals surface area contributed by atoms with Gasteiger partial charge in [-0.2, -0.15) is 0 Å². The molecule has 0 saturated heterocycles. The molecule has 0 bridgehead atoms. The topological polar surface area (TPSA) is 116 Å². The molecule has 0 amide bonds.